The monoisotopic (exact) mass is 342 g/mol. The number of allylic oxidation sites excluding steroid dienone is 2. The molecule has 2 aliphatic heterocycles. The van der Waals surface area contributed by atoms with Crippen LogP contribution in [0.2, 0.25) is 0 Å². The van der Waals surface area contributed by atoms with Crippen LogP contribution in [0.25, 0.3) is 0 Å². The van der Waals surface area contributed by atoms with Crippen LogP contribution in [0.4, 0.5) is 0 Å². The van der Waals surface area contributed by atoms with E-state index in [1.165, 1.54) is 6.92 Å². The van der Waals surface area contributed by atoms with Crippen molar-refractivity contribution in [2.24, 2.45) is 16.6 Å². The van der Waals surface area contributed by atoms with Gasteiger partial charge in [-0.3, -0.25) is 24.1 Å². The van der Waals surface area contributed by atoms with Crippen LogP contribution in [0.5, 0.6) is 0 Å². The molecule has 25 heavy (non-hydrogen) atoms. The number of nitrogens with two attached hydrogens (primary N) is 1. The third-order valence-electron chi connectivity index (χ3n) is 5.51. The standard InChI is InChI=1S/C17H18N4O4/c1-9(22)20-12-6-4-5-7-16(12,3)17(14(20)24)11(8-18)13(19)21(10(2)23)15(17)25/h6H,4-5,7,19H2,1-3H3. The van der Waals surface area contributed by atoms with Gasteiger partial charge in [0.2, 0.25) is 11.8 Å². The van der Waals surface area contributed by atoms with E-state index in [1.807, 2.05) is 6.07 Å². The molecule has 2 N–H and O–H groups in total. The lowest BCUT2D eigenvalue weighted by molar-refractivity contribution is -0.153. The van der Waals surface area contributed by atoms with Gasteiger partial charge in [-0.2, -0.15) is 5.26 Å². The molecule has 8 heteroatoms. The van der Waals surface area contributed by atoms with Crippen molar-refractivity contribution in [1.82, 2.24) is 9.80 Å². The molecule has 2 heterocycles. The van der Waals surface area contributed by atoms with Gasteiger partial charge in [-0.25, -0.2) is 4.90 Å². The number of hydrogen-bond acceptors (Lipinski definition) is 6. The molecule has 1 saturated heterocycles. The van der Waals surface area contributed by atoms with Crippen molar-refractivity contribution in [3.05, 3.63) is 23.2 Å². The molecule has 1 fully saturated rings. The number of nitrogens with zero attached hydrogens (tertiary/aromatic N) is 3. The zero-order valence-electron chi connectivity index (χ0n) is 14.3. The van der Waals surface area contributed by atoms with Crippen molar-refractivity contribution in [2.45, 2.75) is 40.0 Å². The van der Waals surface area contributed by atoms with Crippen LogP contribution < -0.4 is 5.73 Å². The van der Waals surface area contributed by atoms with Gasteiger partial charge in [0.25, 0.3) is 11.8 Å². The molecule has 0 aromatic heterocycles. The zero-order chi connectivity index (χ0) is 18.7. The highest BCUT2D eigenvalue weighted by atomic mass is 16.2. The molecule has 8 nitrogen and oxygen atoms in total. The van der Waals surface area contributed by atoms with Gasteiger partial charge in [0.15, 0.2) is 5.41 Å². The predicted molar refractivity (Wildman–Crippen MR) is 84.4 cm³/mol. The summed E-state index contributed by atoms with van der Waals surface area (Å²) in [7, 11) is 0. The number of rotatable bonds is 0. The van der Waals surface area contributed by atoms with Gasteiger partial charge in [0.1, 0.15) is 11.9 Å². The molecule has 3 rings (SSSR count). The van der Waals surface area contributed by atoms with Crippen LogP contribution >= 0.6 is 0 Å². The second-order valence-electron chi connectivity index (χ2n) is 6.75. The number of imide groups is 2. The molecular formula is C17H18N4O4. The summed E-state index contributed by atoms with van der Waals surface area (Å²) in [5.74, 6) is -3.19. The molecule has 2 atom stereocenters. The summed E-state index contributed by atoms with van der Waals surface area (Å²) in [5, 5.41) is 9.67. The van der Waals surface area contributed by atoms with Gasteiger partial charge in [-0.1, -0.05) is 13.0 Å². The molecule has 0 radical (unpaired) electrons. The first kappa shape index (κ1) is 16.9. The van der Waals surface area contributed by atoms with Gasteiger partial charge in [-0.05, 0) is 19.3 Å². The average molecular weight is 342 g/mol. The van der Waals surface area contributed by atoms with E-state index in [2.05, 4.69) is 0 Å². The maximum atomic E-state index is 13.3. The minimum atomic E-state index is -1.96. The smallest absolute Gasteiger partial charge is 0.257 e. The number of likely N-dealkylation sites (tertiary alicyclic amines) is 1. The minimum Gasteiger partial charge on any atom is -0.384 e. The zero-order valence-corrected chi connectivity index (χ0v) is 14.3. The topological polar surface area (TPSA) is 125 Å². The number of amides is 4. The lowest BCUT2D eigenvalue weighted by Crippen LogP contribution is -2.51. The van der Waals surface area contributed by atoms with E-state index in [1.54, 1.807) is 13.0 Å². The summed E-state index contributed by atoms with van der Waals surface area (Å²) >= 11 is 0. The summed E-state index contributed by atoms with van der Waals surface area (Å²) < 4.78 is 0. The number of fused-ring (bicyclic) bond motifs is 2. The second kappa shape index (κ2) is 5.02. The van der Waals surface area contributed by atoms with E-state index in [9.17, 15) is 24.4 Å². The molecule has 3 aliphatic rings. The maximum Gasteiger partial charge on any atom is 0.257 e. The summed E-state index contributed by atoms with van der Waals surface area (Å²) in [4.78, 5) is 52.2. The molecule has 4 amide bonds. The van der Waals surface area contributed by atoms with Crippen molar-refractivity contribution in [3.63, 3.8) is 0 Å². The quantitative estimate of drug-likeness (QED) is 0.640. The summed E-state index contributed by atoms with van der Waals surface area (Å²) in [6, 6.07) is 1.86. The highest BCUT2D eigenvalue weighted by Gasteiger charge is 2.75. The summed E-state index contributed by atoms with van der Waals surface area (Å²) in [6.45, 7) is 4.06. The average Bonchev–Trinajstić information content (AvgIpc) is 2.88. The number of carbonyl (C=O) groups is 4. The molecule has 0 saturated carbocycles. The number of nitriles is 1. The van der Waals surface area contributed by atoms with E-state index in [-0.39, 0.29) is 11.4 Å². The van der Waals surface area contributed by atoms with E-state index < -0.39 is 34.5 Å². The van der Waals surface area contributed by atoms with Gasteiger partial charge < -0.3 is 5.73 Å². The fourth-order valence-corrected chi connectivity index (χ4v) is 4.44. The molecule has 1 spiro atoms. The molecule has 0 aromatic carbocycles. The normalized spacial score (nSPS) is 31.4. The van der Waals surface area contributed by atoms with Crippen LogP contribution in [0, 0.1) is 22.2 Å². The van der Waals surface area contributed by atoms with Crippen molar-refractivity contribution in [2.75, 3.05) is 0 Å². The SMILES string of the molecule is CC(=O)N1C(=O)C2(C(=O)N(C(C)=O)C(N)=C2C#N)C2(C)CCCC=C12. The Balaban J connectivity index is 2.40. The second-order valence-corrected chi connectivity index (χ2v) is 6.75. The Morgan fingerprint density at radius 3 is 2.28 bits per heavy atom. The van der Waals surface area contributed by atoms with E-state index in [0.717, 1.165) is 11.8 Å². The van der Waals surface area contributed by atoms with Crippen LogP contribution in [0.3, 0.4) is 0 Å². The first-order chi connectivity index (χ1) is 11.7. The first-order valence-corrected chi connectivity index (χ1v) is 7.97. The molecule has 0 bridgehead atoms. The van der Waals surface area contributed by atoms with Crippen molar-refractivity contribution < 1.29 is 19.2 Å². The van der Waals surface area contributed by atoms with Crippen molar-refractivity contribution in [3.8, 4) is 6.07 Å². The van der Waals surface area contributed by atoms with E-state index >= 15 is 0 Å². The van der Waals surface area contributed by atoms with E-state index in [0.29, 0.717) is 29.9 Å². The first-order valence-electron chi connectivity index (χ1n) is 7.97. The third-order valence-corrected chi connectivity index (χ3v) is 5.51. The molecule has 130 valence electrons. The minimum absolute atomic E-state index is 0.253. The van der Waals surface area contributed by atoms with Crippen molar-refractivity contribution in [1.29, 1.82) is 5.26 Å². The van der Waals surface area contributed by atoms with Gasteiger partial charge in [0, 0.05) is 25.0 Å². The Kier molecular flexibility index (Phi) is 3.39. The summed E-state index contributed by atoms with van der Waals surface area (Å²) in [6.07, 6.45) is 3.52. The van der Waals surface area contributed by atoms with E-state index in [4.69, 9.17) is 5.73 Å². The van der Waals surface area contributed by atoms with Crippen LogP contribution in [-0.2, 0) is 19.2 Å². The van der Waals surface area contributed by atoms with Gasteiger partial charge in [0.05, 0.1) is 5.57 Å². The highest BCUT2D eigenvalue weighted by molar-refractivity contribution is 6.22. The van der Waals surface area contributed by atoms with Crippen LogP contribution in [-0.4, -0.2) is 33.4 Å². The molecule has 1 aliphatic carbocycles. The largest absolute Gasteiger partial charge is 0.384 e. The Hall–Kier alpha value is -2.95. The fraction of sp³-hybridized carbons (Fsp3) is 0.471. The third kappa shape index (κ3) is 1.65. The van der Waals surface area contributed by atoms with Gasteiger partial charge >= 0.3 is 0 Å². The van der Waals surface area contributed by atoms with Crippen LogP contribution in [0.1, 0.15) is 40.0 Å². The Labute approximate surface area is 144 Å². The number of carbonyl (C=O) groups excluding carboxylic acids is 4. The van der Waals surface area contributed by atoms with Gasteiger partial charge in [-0.15, -0.1) is 0 Å². The Bertz CT molecular complexity index is 849. The molecular weight excluding hydrogens is 324 g/mol. The summed E-state index contributed by atoms with van der Waals surface area (Å²) in [5.41, 5.74) is 3.00. The molecule has 0 aromatic rings. The fourth-order valence-electron chi connectivity index (χ4n) is 4.44. The van der Waals surface area contributed by atoms with Crippen molar-refractivity contribution >= 4 is 23.6 Å². The number of hydrogen-bond donors (Lipinski definition) is 1. The lowest BCUT2D eigenvalue weighted by Gasteiger charge is -2.39. The predicted octanol–water partition coefficient (Wildman–Crippen LogP) is 0.518. The highest BCUT2D eigenvalue weighted by Crippen LogP contribution is 2.64. The Morgan fingerprint density at radius 1 is 1.20 bits per heavy atom. The maximum absolute atomic E-state index is 13.3. The Morgan fingerprint density at radius 2 is 1.76 bits per heavy atom. The lowest BCUT2D eigenvalue weighted by atomic mass is 9.58. The van der Waals surface area contributed by atoms with Crippen LogP contribution in [0.15, 0.2) is 23.2 Å². The molecule has 2 unspecified atom stereocenters.